The molecule has 2 fully saturated rings. The number of carbonyl (C=O) groups is 3. The highest BCUT2D eigenvalue weighted by molar-refractivity contribution is 5.85. The van der Waals surface area contributed by atoms with E-state index in [4.69, 9.17) is 14.2 Å². The SMILES string of the molecule is COC(=O)C1CCCC2C(C)(CCC3=CC(=O)OC3)C(C)CC(OC(C)=O)C12C. The van der Waals surface area contributed by atoms with Gasteiger partial charge >= 0.3 is 17.9 Å². The van der Waals surface area contributed by atoms with Crippen LogP contribution in [0.3, 0.4) is 0 Å². The summed E-state index contributed by atoms with van der Waals surface area (Å²) in [5.74, 6) is -0.502. The second-order valence-electron chi connectivity index (χ2n) is 9.58. The highest BCUT2D eigenvalue weighted by Crippen LogP contribution is 2.64. The van der Waals surface area contributed by atoms with Gasteiger partial charge in [-0.3, -0.25) is 9.59 Å². The smallest absolute Gasteiger partial charge is 0.331 e. The van der Waals surface area contributed by atoms with Gasteiger partial charge in [0, 0.05) is 18.4 Å². The van der Waals surface area contributed by atoms with Crippen molar-refractivity contribution >= 4 is 17.9 Å². The predicted molar refractivity (Wildman–Crippen MR) is 107 cm³/mol. The average Bonchev–Trinajstić information content (AvgIpc) is 3.09. The van der Waals surface area contributed by atoms with E-state index in [9.17, 15) is 14.4 Å². The van der Waals surface area contributed by atoms with Crippen molar-refractivity contribution < 1.29 is 28.6 Å². The van der Waals surface area contributed by atoms with Gasteiger partial charge in [-0.05, 0) is 54.9 Å². The zero-order valence-corrected chi connectivity index (χ0v) is 18.3. The first-order chi connectivity index (χ1) is 13.6. The number of rotatable bonds is 5. The van der Waals surface area contributed by atoms with Gasteiger partial charge in [0.1, 0.15) is 12.7 Å². The molecule has 0 saturated heterocycles. The quantitative estimate of drug-likeness (QED) is 0.510. The summed E-state index contributed by atoms with van der Waals surface area (Å²) in [6.45, 7) is 8.48. The maximum absolute atomic E-state index is 12.7. The lowest BCUT2D eigenvalue weighted by atomic mass is 9.43. The van der Waals surface area contributed by atoms with Crippen LogP contribution in [0.2, 0.25) is 0 Å². The molecule has 0 N–H and O–H groups in total. The molecule has 0 bridgehead atoms. The highest BCUT2D eigenvalue weighted by Gasteiger charge is 2.63. The summed E-state index contributed by atoms with van der Waals surface area (Å²) in [7, 11) is 1.43. The van der Waals surface area contributed by atoms with E-state index < -0.39 is 5.41 Å². The Morgan fingerprint density at radius 1 is 1.28 bits per heavy atom. The van der Waals surface area contributed by atoms with Crippen molar-refractivity contribution in [3.05, 3.63) is 11.6 Å². The van der Waals surface area contributed by atoms with E-state index >= 15 is 0 Å². The lowest BCUT2D eigenvalue weighted by Crippen LogP contribution is -2.61. The first kappa shape index (κ1) is 21.8. The van der Waals surface area contributed by atoms with Gasteiger partial charge in [0.15, 0.2) is 0 Å². The van der Waals surface area contributed by atoms with Crippen molar-refractivity contribution in [3.63, 3.8) is 0 Å². The van der Waals surface area contributed by atoms with E-state index in [1.165, 1.54) is 14.0 Å². The molecule has 1 heterocycles. The third-order valence-corrected chi connectivity index (χ3v) is 8.17. The summed E-state index contributed by atoms with van der Waals surface area (Å²) in [5.41, 5.74) is 0.534. The molecule has 0 radical (unpaired) electrons. The molecule has 6 nitrogen and oxygen atoms in total. The first-order valence-corrected chi connectivity index (χ1v) is 10.7. The van der Waals surface area contributed by atoms with Crippen LogP contribution in [0.25, 0.3) is 0 Å². The Balaban J connectivity index is 1.94. The summed E-state index contributed by atoms with van der Waals surface area (Å²) < 4.78 is 16.0. The van der Waals surface area contributed by atoms with Gasteiger partial charge in [0.05, 0.1) is 13.0 Å². The topological polar surface area (TPSA) is 78.9 Å². The molecule has 2 aliphatic carbocycles. The Morgan fingerprint density at radius 3 is 2.59 bits per heavy atom. The molecule has 0 aromatic heterocycles. The molecule has 6 unspecified atom stereocenters. The maximum atomic E-state index is 12.7. The fraction of sp³-hybridized carbons (Fsp3) is 0.783. The zero-order chi connectivity index (χ0) is 21.4. The van der Waals surface area contributed by atoms with Crippen LogP contribution in [0.4, 0.5) is 0 Å². The molecule has 6 heteroatoms. The van der Waals surface area contributed by atoms with E-state index in [0.29, 0.717) is 12.5 Å². The number of esters is 3. The lowest BCUT2D eigenvalue weighted by molar-refractivity contribution is -0.210. The fourth-order valence-corrected chi connectivity index (χ4v) is 6.37. The Kier molecular flexibility index (Phi) is 6.11. The minimum absolute atomic E-state index is 0.0371. The maximum Gasteiger partial charge on any atom is 0.331 e. The monoisotopic (exact) mass is 406 g/mol. The second kappa shape index (κ2) is 8.11. The second-order valence-corrected chi connectivity index (χ2v) is 9.58. The van der Waals surface area contributed by atoms with Crippen molar-refractivity contribution in [2.45, 2.75) is 72.3 Å². The Bertz CT molecular complexity index is 712. The zero-order valence-electron chi connectivity index (χ0n) is 18.3. The molecule has 0 spiro atoms. The van der Waals surface area contributed by atoms with Crippen molar-refractivity contribution in [1.82, 2.24) is 0 Å². The summed E-state index contributed by atoms with van der Waals surface area (Å²) in [6.07, 6.45) is 6.47. The van der Waals surface area contributed by atoms with E-state index in [2.05, 4.69) is 20.8 Å². The number of hydrogen-bond donors (Lipinski definition) is 0. The van der Waals surface area contributed by atoms with E-state index in [1.807, 2.05) is 0 Å². The van der Waals surface area contributed by atoms with Crippen LogP contribution in [-0.2, 0) is 28.6 Å². The van der Waals surface area contributed by atoms with Crippen molar-refractivity contribution in [2.75, 3.05) is 13.7 Å². The number of methoxy groups -OCH3 is 1. The Labute approximate surface area is 173 Å². The number of fused-ring (bicyclic) bond motifs is 1. The molecule has 1 aliphatic heterocycles. The van der Waals surface area contributed by atoms with Crippen LogP contribution < -0.4 is 0 Å². The standard InChI is InChI=1S/C23H34O6/c1-14-11-19(29-15(2)24)23(4)17(21(26)27-5)7-6-8-18(23)22(14,3)10-9-16-12-20(25)28-13-16/h12,14,17-19H,6-11,13H2,1-5H3. The molecule has 0 aromatic rings. The molecule has 6 atom stereocenters. The third kappa shape index (κ3) is 3.82. The van der Waals surface area contributed by atoms with Gasteiger partial charge < -0.3 is 14.2 Å². The van der Waals surface area contributed by atoms with E-state index in [1.54, 1.807) is 6.08 Å². The van der Waals surface area contributed by atoms with Gasteiger partial charge in [0.2, 0.25) is 0 Å². The average molecular weight is 407 g/mol. The fourth-order valence-electron chi connectivity index (χ4n) is 6.37. The number of carbonyl (C=O) groups excluding carboxylic acids is 3. The predicted octanol–water partition coefficient (Wildman–Crippen LogP) is 3.82. The summed E-state index contributed by atoms with van der Waals surface area (Å²) in [4.78, 5) is 36.0. The van der Waals surface area contributed by atoms with Crippen molar-refractivity contribution in [3.8, 4) is 0 Å². The van der Waals surface area contributed by atoms with Gasteiger partial charge in [-0.25, -0.2) is 4.79 Å². The summed E-state index contributed by atoms with van der Waals surface area (Å²) in [5, 5.41) is 0. The molecule has 162 valence electrons. The number of hydrogen-bond acceptors (Lipinski definition) is 6. The summed E-state index contributed by atoms with van der Waals surface area (Å²) >= 11 is 0. The molecule has 29 heavy (non-hydrogen) atoms. The molecule has 3 rings (SSSR count). The highest BCUT2D eigenvalue weighted by atomic mass is 16.5. The lowest BCUT2D eigenvalue weighted by Gasteiger charge is -2.62. The van der Waals surface area contributed by atoms with Gasteiger partial charge in [-0.1, -0.05) is 27.2 Å². The molecule has 3 aliphatic rings. The van der Waals surface area contributed by atoms with Crippen LogP contribution in [0.1, 0.15) is 66.2 Å². The third-order valence-electron chi connectivity index (χ3n) is 8.17. The van der Waals surface area contributed by atoms with Gasteiger partial charge in [0.25, 0.3) is 0 Å². The van der Waals surface area contributed by atoms with Crippen LogP contribution >= 0.6 is 0 Å². The molecule has 0 amide bonds. The van der Waals surface area contributed by atoms with Crippen LogP contribution in [-0.4, -0.2) is 37.7 Å². The number of cyclic esters (lactones) is 1. The first-order valence-electron chi connectivity index (χ1n) is 10.7. The molecule has 0 aromatic carbocycles. The molecular weight excluding hydrogens is 372 g/mol. The largest absolute Gasteiger partial charge is 0.469 e. The van der Waals surface area contributed by atoms with Crippen molar-refractivity contribution in [1.29, 1.82) is 0 Å². The Hall–Kier alpha value is -1.85. The minimum atomic E-state index is -0.464. The van der Waals surface area contributed by atoms with E-state index in [0.717, 1.165) is 44.1 Å². The van der Waals surface area contributed by atoms with Crippen LogP contribution in [0.5, 0.6) is 0 Å². The van der Waals surface area contributed by atoms with Gasteiger partial charge in [-0.2, -0.15) is 0 Å². The molecular formula is C23H34O6. The minimum Gasteiger partial charge on any atom is -0.469 e. The Morgan fingerprint density at radius 2 is 2.00 bits per heavy atom. The van der Waals surface area contributed by atoms with Crippen LogP contribution in [0, 0.1) is 28.6 Å². The summed E-state index contributed by atoms with van der Waals surface area (Å²) in [6, 6.07) is 0. The van der Waals surface area contributed by atoms with Crippen LogP contribution in [0.15, 0.2) is 11.6 Å². The van der Waals surface area contributed by atoms with Gasteiger partial charge in [-0.15, -0.1) is 0 Å². The van der Waals surface area contributed by atoms with Crippen molar-refractivity contribution in [2.24, 2.45) is 28.6 Å². The normalized spacial score (nSPS) is 39.2. The number of ether oxygens (including phenoxy) is 3. The molecule has 2 saturated carbocycles. The van der Waals surface area contributed by atoms with E-state index in [-0.39, 0.29) is 41.3 Å².